The molecule has 1 rings (SSSR count). The zero-order valence-electron chi connectivity index (χ0n) is 20.9. The Hall–Kier alpha value is -1.53. The molecule has 7 nitrogen and oxygen atoms in total. The van der Waals surface area contributed by atoms with Gasteiger partial charge in [0.1, 0.15) is 0 Å². The molecule has 0 saturated heterocycles. The van der Waals surface area contributed by atoms with Crippen LogP contribution in [0, 0.1) is 0 Å². The molecule has 1 aromatic carbocycles. The number of unbranched alkanes of at least 4 members (excludes halogenated alkanes) is 9. The molecule has 1 unspecified atom stereocenters. The molecule has 8 heteroatoms. The topological polar surface area (TPSA) is 90.9 Å². The second-order valence-electron chi connectivity index (χ2n) is 8.67. The van der Waals surface area contributed by atoms with Crippen molar-refractivity contribution in [2.24, 2.45) is 0 Å². The molecule has 0 heterocycles. The highest BCUT2D eigenvalue weighted by Crippen LogP contribution is 2.36. The minimum absolute atomic E-state index is 0.192. The number of nitrogens with one attached hydrogen (secondary N) is 2. The Morgan fingerprint density at radius 1 is 0.909 bits per heavy atom. The first-order chi connectivity index (χ1) is 15.9. The van der Waals surface area contributed by atoms with Gasteiger partial charge in [0.2, 0.25) is 0 Å². The summed E-state index contributed by atoms with van der Waals surface area (Å²) in [6.45, 7) is 5.35. The number of hydrogen-bond donors (Lipinski definition) is 3. The van der Waals surface area contributed by atoms with Gasteiger partial charge in [-0.2, -0.15) is 0 Å². The molecule has 1 aromatic rings. The average molecular weight is 482 g/mol. The Balaban J connectivity index is 1.97. The lowest BCUT2D eigenvalue weighted by atomic mass is 10.1. The summed E-state index contributed by atoms with van der Waals surface area (Å²) in [5.74, 6) is -0.440. The maximum atomic E-state index is 12.4. The molecule has 0 aliphatic heterocycles. The smallest absolute Gasteiger partial charge is 0.255 e. The molecule has 0 spiro atoms. The van der Waals surface area contributed by atoms with Crippen LogP contribution < -0.4 is 10.6 Å². The molecule has 188 valence electrons. The van der Waals surface area contributed by atoms with Crippen LogP contribution in [0.15, 0.2) is 24.3 Å². The molecule has 0 fully saturated rings. The molecule has 0 radical (unpaired) electrons. The number of rotatable bonds is 18. The quantitative estimate of drug-likeness (QED) is 0.197. The Kier molecular flexibility index (Phi) is 16.0. The van der Waals surface area contributed by atoms with Crippen molar-refractivity contribution in [1.82, 2.24) is 15.3 Å². The molecule has 3 N–H and O–H groups in total. The summed E-state index contributed by atoms with van der Waals surface area (Å²) in [6, 6.07) is 7.17. The molecular formula is C25H44N3O4P. The molecule has 0 saturated carbocycles. The Bertz CT molecular complexity index is 687. The first kappa shape index (κ1) is 29.5. The SMILES string of the molecule is CNC(=O)c1ccccc1C(=O)NCCCCCCCCCCCCOP(O)N(C)C(C)C. The summed E-state index contributed by atoms with van der Waals surface area (Å²) >= 11 is 0. The second-order valence-corrected chi connectivity index (χ2v) is 10.1. The first-order valence-corrected chi connectivity index (χ1v) is 13.5. The summed E-state index contributed by atoms with van der Waals surface area (Å²) in [5.41, 5.74) is 0.825. The van der Waals surface area contributed by atoms with Gasteiger partial charge in [-0.15, -0.1) is 0 Å². The zero-order chi connectivity index (χ0) is 24.5. The Labute approximate surface area is 201 Å². The highest BCUT2D eigenvalue weighted by atomic mass is 31.2. The van der Waals surface area contributed by atoms with Crippen molar-refractivity contribution >= 4 is 20.3 Å². The van der Waals surface area contributed by atoms with Gasteiger partial charge in [0.05, 0.1) is 17.7 Å². The van der Waals surface area contributed by atoms with E-state index in [2.05, 4.69) is 10.6 Å². The summed E-state index contributed by atoms with van der Waals surface area (Å²) < 4.78 is 7.39. The third-order valence-electron chi connectivity index (χ3n) is 5.72. The summed E-state index contributed by atoms with van der Waals surface area (Å²) in [6.07, 6.45) is 11.6. The van der Waals surface area contributed by atoms with Crippen molar-refractivity contribution < 1.29 is 19.0 Å². The largest absolute Gasteiger partial charge is 0.355 e. The van der Waals surface area contributed by atoms with Crippen LogP contribution in [-0.4, -0.2) is 54.7 Å². The van der Waals surface area contributed by atoms with Gasteiger partial charge in [-0.25, -0.2) is 4.67 Å². The van der Waals surface area contributed by atoms with Crippen LogP contribution in [0.3, 0.4) is 0 Å². The fourth-order valence-corrected chi connectivity index (χ4v) is 4.26. The van der Waals surface area contributed by atoms with Crippen LogP contribution in [-0.2, 0) is 4.52 Å². The van der Waals surface area contributed by atoms with Crippen LogP contribution in [0.25, 0.3) is 0 Å². The molecule has 0 aliphatic carbocycles. The van der Waals surface area contributed by atoms with Crippen molar-refractivity contribution in [3.8, 4) is 0 Å². The van der Waals surface area contributed by atoms with Gasteiger partial charge in [0.15, 0.2) is 0 Å². The Morgan fingerprint density at radius 2 is 1.39 bits per heavy atom. The van der Waals surface area contributed by atoms with E-state index in [1.54, 1.807) is 31.3 Å². The van der Waals surface area contributed by atoms with Crippen LogP contribution in [0.5, 0.6) is 0 Å². The lowest BCUT2D eigenvalue weighted by Crippen LogP contribution is -2.28. The van der Waals surface area contributed by atoms with E-state index < -0.39 is 8.53 Å². The van der Waals surface area contributed by atoms with Gasteiger partial charge in [-0.05, 0) is 45.9 Å². The van der Waals surface area contributed by atoms with Crippen molar-refractivity contribution in [3.63, 3.8) is 0 Å². The van der Waals surface area contributed by atoms with Crippen LogP contribution in [0.2, 0.25) is 0 Å². The number of carbonyl (C=O) groups is 2. The summed E-state index contributed by atoms with van der Waals surface area (Å²) in [7, 11) is 2.01. The van der Waals surface area contributed by atoms with E-state index in [0.717, 1.165) is 25.7 Å². The Morgan fingerprint density at radius 3 is 1.91 bits per heavy atom. The number of nitrogens with zero attached hydrogens (tertiary/aromatic N) is 1. The van der Waals surface area contributed by atoms with E-state index >= 15 is 0 Å². The summed E-state index contributed by atoms with van der Waals surface area (Å²) in [4.78, 5) is 34.2. The number of benzene rings is 1. The lowest BCUT2D eigenvalue weighted by molar-refractivity contribution is 0.0923. The minimum Gasteiger partial charge on any atom is -0.355 e. The third-order valence-corrected chi connectivity index (χ3v) is 7.14. The first-order valence-electron chi connectivity index (χ1n) is 12.3. The van der Waals surface area contributed by atoms with Gasteiger partial charge in [0.25, 0.3) is 20.3 Å². The van der Waals surface area contributed by atoms with Gasteiger partial charge in [-0.1, -0.05) is 63.5 Å². The number of carbonyl (C=O) groups excluding carboxylic acids is 2. The molecule has 1 atom stereocenters. The van der Waals surface area contributed by atoms with E-state index in [0.29, 0.717) is 24.3 Å². The molecule has 0 aromatic heterocycles. The summed E-state index contributed by atoms with van der Waals surface area (Å²) in [5, 5.41) is 5.50. The second kappa shape index (κ2) is 17.9. The van der Waals surface area contributed by atoms with E-state index in [1.165, 1.54) is 38.5 Å². The molecule has 33 heavy (non-hydrogen) atoms. The van der Waals surface area contributed by atoms with Crippen molar-refractivity contribution in [3.05, 3.63) is 35.4 Å². The molecule has 0 bridgehead atoms. The highest BCUT2D eigenvalue weighted by Gasteiger charge is 2.16. The third kappa shape index (κ3) is 12.5. The van der Waals surface area contributed by atoms with Gasteiger partial charge < -0.3 is 20.1 Å². The fraction of sp³-hybridized carbons (Fsp3) is 0.680. The van der Waals surface area contributed by atoms with Crippen molar-refractivity contribution in [2.75, 3.05) is 27.2 Å². The minimum atomic E-state index is -1.45. The van der Waals surface area contributed by atoms with Crippen LogP contribution >= 0.6 is 8.53 Å². The van der Waals surface area contributed by atoms with E-state index in [-0.39, 0.29) is 17.9 Å². The van der Waals surface area contributed by atoms with E-state index in [4.69, 9.17) is 4.52 Å². The molecule has 2 amide bonds. The van der Waals surface area contributed by atoms with E-state index in [9.17, 15) is 14.5 Å². The maximum absolute atomic E-state index is 12.4. The predicted molar refractivity (Wildman–Crippen MR) is 136 cm³/mol. The number of hydrogen-bond acceptors (Lipinski definition) is 5. The monoisotopic (exact) mass is 481 g/mol. The molecular weight excluding hydrogens is 437 g/mol. The molecule has 0 aliphatic rings. The van der Waals surface area contributed by atoms with Crippen molar-refractivity contribution in [1.29, 1.82) is 0 Å². The maximum Gasteiger partial charge on any atom is 0.255 e. The van der Waals surface area contributed by atoms with Gasteiger partial charge in [0, 0.05) is 19.6 Å². The van der Waals surface area contributed by atoms with Gasteiger partial charge >= 0.3 is 0 Å². The van der Waals surface area contributed by atoms with Gasteiger partial charge in [-0.3, -0.25) is 9.59 Å². The predicted octanol–water partition coefficient (Wildman–Crippen LogP) is 5.25. The van der Waals surface area contributed by atoms with Crippen molar-refractivity contribution in [2.45, 2.75) is 84.1 Å². The standard InChI is InChI=1S/C25H44N3O4P/c1-21(2)28(4)33(31)32-20-16-12-10-8-6-5-7-9-11-15-19-27-25(30)23-18-14-13-17-22(23)24(29)26-3/h13-14,17-18,21,31H,5-12,15-16,19-20H2,1-4H3,(H,26,29)(H,27,30). The lowest BCUT2D eigenvalue weighted by Gasteiger charge is -2.24. The fourth-order valence-electron chi connectivity index (χ4n) is 3.39. The number of amides is 2. The average Bonchev–Trinajstić information content (AvgIpc) is 2.82. The normalized spacial score (nSPS) is 12.2. The van der Waals surface area contributed by atoms with Crippen LogP contribution in [0.1, 0.15) is 98.8 Å². The van der Waals surface area contributed by atoms with E-state index in [1.807, 2.05) is 25.6 Å². The highest BCUT2D eigenvalue weighted by molar-refractivity contribution is 7.43. The zero-order valence-corrected chi connectivity index (χ0v) is 21.8. The van der Waals surface area contributed by atoms with Crippen LogP contribution in [0.4, 0.5) is 0 Å².